The highest BCUT2D eigenvalue weighted by Gasteiger charge is 2.19. The molecule has 7 heteroatoms. The fourth-order valence-corrected chi connectivity index (χ4v) is 3.44. The van der Waals surface area contributed by atoms with E-state index in [4.69, 9.17) is 9.51 Å². The number of nitrogens with zero attached hydrogens (tertiary/aromatic N) is 6. The molecule has 3 aromatic heterocycles. The number of rotatable bonds is 4. The Morgan fingerprint density at radius 3 is 2.32 bits per heavy atom. The van der Waals surface area contributed by atoms with Gasteiger partial charge in [0, 0.05) is 56.4 Å². The van der Waals surface area contributed by atoms with E-state index in [2.05, 4.69) is 43.5 Å². The Hall–Kier alpha value is -2.25. The van der Waals surface area contributed by atoms with E-state index in [0.29, 0.717) is 0 Å². The molecule has 0 bridgehead atoms. The molecule has 0 amide bonds. The quantitative estimate of drug-likeness (QED) is 0.723. The Balaban J connectivity index is 1.36. The minimum atomic E-state index is 0.798. The van der Waals surface area contributed by atoms with Crippen molar-refractivity contribution in [1.82, 2.24) is 29.3 Å². The van der Waals surface area contributed by atoms with Crippen molar-refractivity contribution >= 4 is 5.78 Å². The van der Waals surface area contributed by atoms with Gasteiger partial charge in [-0.3, -0.25) is 14.2 Å². The molecule has 0 atom stereocenters. The molecule has 1 saturated heterocycles. The van der Waals surface area contributed by atoms with Crippen LogP contribution in [0.1, 0.15) is 28.5 Å². The zero-order chi connectivity index (χ0) is 17.4. The number of piperazine rings is 1. The molecular formula is C18H24N6O. The summed E-state index contributed by atoms with van der Waals surface area (Å²) in [5.41, 5.74) is 4.21. The monoisotopic (exact) mass is 340 g/mol. The average molecular weight is 340 g/mol. The van der Waals surface area contributed by atoms with Gasteiger partial charge in [0.1, 0.15) is 0 Å². The van der Waals surface area contributed by atoms with E-state index in [1.807, 2.05) is 19.9 Å². The smallest absolute Gasteiger partial charge is 0.234 e. The van der Waals surface area contributed by atoms with E-state index in [-0.39, 0.29) is 0 Å². The van der Waals surface area contributed by atoms with Crippen molar-refractivity contribution < 1.29 is 4.52 Å². The van der Waals surface area contributed by atoms with Crippen LogP contribution in [0.15, 0.2) is 22.9 Å². The molecule has 0 N–H and O–H groups in total. The second-order valence-electron chi connectivity index (χ2n) is 6.93. The summed E-state index contributed by atoms with van der Waals surface area (Å²) in [5, 5.41) is 3.96. The molecule has 7 nitrogen and oxygen atoms in total. The summed E-state index contributed by atoms with van der Waals surface area (Å²) >= 11 is 0. The molecule has 1 aliphatic rings. The van der Waals surface area contributed by atoms with Crippen molar-refractivity contribution in [2.75, 3.05) is 26.2 Å². The predicted octanol–water partition coefficient (Wildman–Crippen LogP) is 1.96. The largest absolute Gasteiger partial charge is 0.360 e. The van der Waals surface area contributed by atoms with Gasteiger partial charge in [-0.25, -0.2) is 9.97 Å². The fourth-order valence-electron chi connectivity index (χ4n) is 3.44. The molecule has 4 heterocycles. The Morgan fingerprint density at radius 1 is 0.920 bits per heavy atom. The maximum absolute atomic E-state index is 5.32. The highest BCUT2D eigenvalue weighted by Crippen LogP contribution is 2.13. The van der Waals surface area contributed by atoms with Gasteiger partial charge in [0.25, 0.3) is 0 Å². The maximum Gasteiger partial charge on any atom is 0.234 e. The van der Waals surface area contributed by atoms with Crippen LogP contribution >= 0.6 is 0 Å². The van der Waals surface area contributed by atoms with Crippen LogP contribution in [0.3, 0.4) is 0 Å². The summed E-state index contributed by atoms with van der Waals surface area (Å²) < 4.78 is 7.39. The van der Waals surface area contributed by atoms with E-state index < -0.39 is 0 Å². The molecule has 3 aromatic rings. The summed E-state index contributed by atoms with van der Waals surface area (Å²) in [6.45, 7) is 11.9. The lowest BCUT2D eigenvalue weighted by Crippen LogP contribution is -2.45. The van der Waals surface area contributed by atoms with Gasteiger partial charge < -0.3 is 4.52 Å². The molecule has 0 saturated carbocycles. The van der Waals surface area contributed by atoms with Gasteiger partial charge in [-0.15, -0.1) is 0 Å². The average Bonchev–Trinajstić information content (AvgIpc) is 3.15. The first-order valence-corrected chi connectivity index (χ1v) is 8.76. The minimum Gasteiger partial charge on any atom is -0.360 e. The van der Waals surface area contributed by atoms with Gasteiger partial charge in [-0.1, -0.05) is 5.16 Å². The van der Waals surface area contributed by atoms with Crippen molar-refractivity contribution in [3.8, 4) is 0 Å². The Kier molecular flexibility index (Phi) is 4.27. The summed E-state index contributed by atoms with van der Waals surface area (Å²) in [7, 11) is 0. The van der Waals surface area contributed by atoms with E-state index in [1.165, 1.54) is 5.69 Å². The fraction of sp³-hybridized carbons (Fsp3) is 0.500. The number of aryl methyl sites for hydroxylation is 3. The third-order valence-electron chi connectivity index (χ3n) is 4.72. The first-order valence-electron chi connectivity index (χ1n) is 8.76. The zero-order valence-corrected chi connectivity index (χ0v) is 15.1. The van der Waals surface area contributed by atoms with Crippen molar-refractivity contribution in [2.24, 2.45) is 0 Å². The normalized spacial score (nSPS) is 16.8. The SMILES string of the molecule is Cc1cc(CN2CCN(Cc3cn4c(C)cc(C)nc4n3)CC2)on1. The standard InChI is InChI=1S/C18H24N6O/c1-13-8-15(3)24-11-16(20-18(24)19-13)10-22-4-6-23(7-5-22)12-17-9-14(2)21-25-17/h8-9,11H,4-7,10,12H2,1-3H3. The van der Waals surface area contributed by atoms with Crippen LogP contribution < -0.4 is 0 Å². The van der Waals surface area contributed by atoms with E-state index in [9.17, 15) is 0 Å². The second kappa shape index (κ2) is 6.57. The summed E-state index contributed by atoms with van der Waals surface area (Å²) in [6.07, 6.45) is 2.11. The summed E-state index contributed by atoms with van der Waals surface area (Å²) in [6, 6.07) is 4.10. The van der Waals surface area contributed by atoms with Gasteiger partial charge >= 0.3 is 0 Å². The Bertz CT molecular complexity index is 875. The molecular weight excluding hydrogens is 316 g/mol. The third-order valence-corrected chi connectivity index (χ3v) is 4.72. The first-order chi connectivity index (χ1) is 12.1. The topological polar surface area (TPSA) is 62.7 Å². The van der Waals surface area contributed by atoms with Crippen molar-refractivity contribution in [3.63, 3.8) is 0 Å². The molecule has 0 spiro atoms. The molecule has 4 rings (SSSR count). The number of hydrogen-bond acceptors (Lipinski definition) is 6. The van der Waals surface area contributed by atoms with Crippen LogP contribution in [-0.2, 0) is 13.1 Å². The highest BCUT2D eigenvalue weighted by atomic mass is 16.5. The zero-order valence-electron chi connectivity index (χ0n) is 15.1. The van der Waals surface area contributed by atoms with Crippen LogP contribution in [0.25, 0.3) is 5.78 Å². The maximum atomic E-state index is 5.32. The Labute approximate surface area is 147 Å². The van der Waals surface area contributed by atoms with Gasteiger partial charge in [-0.05, 0) is 26.8 Å². The molecule has 0 unspecified atom stereocenters. The van der Waals surface area contributed by atoms with Crippen LogP contribution in [0, 0.1) is 20.8 Å². The van der Waals surface area contributed by atoms with Crippen LogP contribution in [0.5, 0.6) is 0 Å². The van der Waals surface area contributed by atoms with Gasteiger partial charge in [0.05, 0.1) is 17.9 Å². The minimum absolute atomic E-state index is 0.798. The molecule has 132 valence electrons. The highest BCUT2D eigenvalue weighted by molar-refractivity contribution is 5.34. The van der Waals surface area contributed by atoms with E-state index in [1.54, 1.807) is 0 Å². The van der Waals surface area contributed by atoms with Crippen molar-refractivity contribution in [1.29, 1.82) is 0 Å². The molecule has 1 aliphatic heterocycles. The van der Waals surface area contributed by atoms with Crippen LogP contribution in [0.2, 0.25) is 0 Å². The van der Waals surface area contributed by atoms with Crippen LogP contribution in [-0.4, -0.2) is 55.5 Å². The lowest BCUT2D eigenvalue weighted by molar-refractivity contribution is 0.113. The summed E-state index contributed by atoms with van der Waals surface area (Å²) in [4.78, 5) is 14.1. The number of fused-ring (bicyclic) bond motifs is 1. The molecule has 0 radical (unpaired) electrons. The van der Waals surface area contributed by atoms with Crippen molar-refractivity contribution in [3.05, 3.63) is 46.9 Å². The van der Waals surface area contributed by atoms with E-state index in [0.717, 1.165) is 67.9 Å². The number of aromatic nitrogens is 4. The molecule has 1 fully saturated rings. The van der Waals surface area contributed by atoms with Crippen molar-refractivity contribution in [2.45, 2.75) is 33.9 Å². The van der Waals surface area contributed by atoms with E-state index >= 15 is 0 Å². The lowest BCUT2D eigenvalue weighted by Gasteiger charge is -2.33. The Morgan fingerprint density at radius 2 is 1.64 bits per heavy atom. The van der Waals surface area contributed by atoms with Gasteiger partial charge in [0.2, 0.25) is 5.78 Å². The van der Waals surface area contributed by atoms with Gasteiger partial charge in [-0.2, -0.15) is 0 Å². The predicted molar refractivity (Wildman–Crippen MR) is 94.3 cm³/mol. The second-order valence-corrected chi connectivity index (χ2v) is 6.93. The first kappa shape index (κ1) is 16.2. The van der Waals surface area contributed by atoms with Gasteiger partial charge in [0.15, 0.2) is 5.76 Å². The number of hydrogen-bond donors (Lipinski definition) is 0. The lowest BCUT2D eigenvalue weighted by atomic mass is 10.2. The van der Waals surface area contributed by atoms with Crippen LogP contribution in [0.4, 0.5) is 0 Å². The third kappa shape index (κ3) is 3.57. The molecule has 0 aromatic carbocycles. The summed E-state index contributed by atoms with van der Waals surface area (Å²) in [5.74, 6) is 1.75. The molecule has 0 aliphatic carbocycles. The molecule has 25 heavy (non-hydrogen) atoms. The number of imidazole rings is 1.